The summed E-state index contributed by atoms with van der Waals surface area (Å²) in [5.74, 6) is 0.572. The van der Waals surface area contributed by atoms with E-state index in [1.807, 2.05) is 0 Å². The highest BCUT2D eigenvalue weighted by atomic mass is 32.2. The molecule has 2 aromatic rings. The first-order chi connectivity index (χ1) is 9.44. The molecule has 20 heavy (non-hydrogen) atoms. The van der Waals surface area contributed by atoms with E-state index in [0.717, 1.165) is 0 Å². The highest BCUT2D eigenvalue weighted by Gasteiger charge is 2.20. The van der Waals surface area contributed by atoms with Crippen LogP contribution in [-0.2, 0) is 10.0 Å². The van der Waals surface area contributed by atoms with Crippen LogP contribution in [0.4, 0.5) is 11.4 Å². The molecule has 0 saturated heterocycles. The van der Waals surface area contributed by atoms with Crippen LogP contribution in [0.3, 0.4) is 0 Å². The van der Waals surface area contributed by atoms with Gasteiger partial charge in [0.25, 0.3) is 10.0 Å². The number of sulfonamides is 1. The topological polar surface area (TPSA) is 81.4 Å². The lowest BCUT2D eigenvalue weighted by molar-refractivity contribution is 0.415. The van der Waals surface area contributed by atoms with Crippen molar-refractivity contribution < 1.29 is 13.2 Å². The van der Waals surface area contributed by atoms with Crippen molar-refractivity contribution in [2.75, 3.05) is 17.6 Å². The van der Waals surface area contributed by atoms with Crippen LogP contribution in [0.1, 0.15) is 5.56 Å². The van der Waals surface area contributed by atoms with Gasteiger partial charge in [0.15, 0.2) is 0 Å². The van der Waals surface area contributed by atoms with Gasteiger partial charge in [-0.2, -0.15) is 0 Å². The number of anilines is 2. The highest BCUT2D eigenvalue weighted by molar-refractivity contribution is 7.93. The summed E-state index contributed by atoms with van der Waals surface area (Å²) in [7, 11) is -2.21. The molecule has 0 bridgehead atoms. The van der Waals surface area contributed by atoms with Gasteiger partial charge in [0.2, 0.25) is 0 Å². The van der Waals surface area contributed by atoms with Gasteiger partial charge in [-0.15, -0.1) is 0 Å². The Bertz CT molecular complexity index is 707. The maximum Gasteiger partial charge on any atom is 0.264 e. The zero-order valence-corrected chi connectivity index (χ0v) is 12.1. The van der Waals surface area contributed by atoms with Gasteiger partial charge < -0.3 is 10.5 Å². The molecule has 0 aliphatic rings. The van der Waals surface area contributed by atoms with E-state index < -0.39 is 10.0 Å². The Morgan fingerprint density at radius 2 is 1.85 bits per heavy atom. The Morgan fingerprint density at radius 1 is 1.15 bits per heavy atom. The summed E-state index contributed by atoms with van der Waals surface area (Å²) in [4.78, 5) is 0.0998. The molecule has 3 N–H and O–H groups in total. The van der Waals surface area contributed by atoms with Crippen LogP contribution in [0.5, 0.6) is 5.75 Å². The van der Waals surface area contributed by atoms with Crippen LogP contribution in [0.25, 0.3) is 0 Å². The lowest BCUT2D eigenvalue weighted by Gasteiger charge is -2.13. The minimum absolute atomic E-state index is 0.0998. The SMILES string of the molecule is COc1cccc(NS(=O)(=O)c2c(C)cccc2N)c1. The molecular weight excluding hydrogens is 276 g/mol. The molecule has 0 unspecified atom stereocenters. The number of benzene rings is 2. The normalized spacial score (nSPS) is 11.1. The minimum Gasteiger partial charge on any atom is -0.497 e. The van der Waals surface area contributed by atoms with E-state index in [-0.39, 0.29) is 10.6 Å². The van der Waals surface area contributed by atoms with Crippen molar-refractivity contribution in [3.05, 3.63) is 48.0 Å². The predicted molar refractivity (Wildman–Crippen MR) is 79.4 cm³/mol. The van der Waals surface area contributed by atoms with Crippen LogP contribution < -0.4 is 15.2 Å². The first-order valence-corrected chi connectivity index (χ1v) is 7.44. The number of ether oxygens (including phenoxy) is 1. The maximum atomic E-state index is 12.4. The Kier molecular flexibility index (Phi) is 3.85. The van der Waals surface area contributed by atoms with E-state index in [1.54, 1.807) is 49.4 Å². The third kappa shape index (κ3) is 2.85. The second-order valence-electron chi connectivity index (χ2n) is 4.33. The molecule has 0 heterocycles. The molecule has 0 aliphatic carbocycles. The van der Waals surface area contributed by atoms with Gasteiger partial charge in [0.05, 0.1) is 18.5 Å². The molecule has 0 radical (unpaired) electrons. The first-order valence-electron chi connectivity index (χ1n) is 5.96. The lowest BCUT2D eigenvalue weighted by Crippen LogP contribution is -2.16. The van der Waals surface area contributed by atoms with Crippen molar-refractivity contribution in [2.24, 2.45) is 0 Å². The largest absolute Gasteiger partial charge is 0.497 e. The Balaban J connectivity index is 2.41. The van der Waals surface area contributed by atoms with Crippen molar-refractivity contribution in [3.8, 4) is 5.75 Å². The number of hydrogen-bond acceptors (Lipinski definition) is 4. The Labute approximate surface area is 118 Å². The summed E-state index contributed by atoms with van der Waals surface area (Å²) in [6.07, 6.45) is 0. The van der Waals surface area contributed by atoms with Gasteiger partial charge in [-0.25, -0.2) is 8.42 Å². The molecule has 2 rings (SSSR count). The molecule has 0 aromatic heterocycles. The number of nitrogens with one attached hydrogen (secondary N) is 1. The monoisotopic (exact) mass is 292 g/mol. The molecule has 0 atom stereocenters. The maximum absolute atomic E-state index is 12.4. The van der Waals surface area contributed by atoms with Gasteiger partial charge in [-0.3, -0.25) is 4.72 Å². The fraction of sp³-hybridized carbons (Fsp3) is 0.143. The van der Waals surface area contributed by atoms with E-state index in [0.29, 0.717) is 17.0 Å². The number of rotatable bonds is 4. The van der Waals surface area contributed by atoms with Crippen LogP contribution >= 0.6 is 0 Å². The highest BCUT2D eigenvalue weighted by Crippen LogP contribution is 2.26. The molecule has 6 heteroatoms. The zero-order valence-electron chi connectivity index (χ0n) is 11.3. The fourth-order valence-corrected chi connectivity index (χ4v) is 3.34. The summed E-state index contributed by atoms with van der Waals surface area (Å²) in [5, 5.41) is 0. The number of aryl methyl sites for hydroxylation is 1. The smallest absolute Gasteiger partial charge is 0.264 e. The van der Waals surface area contributed by atoms with Crippen LogP contribution in [0.15, 0.2) is 47.4 Å². The van der Waals surface area contributed by atoms with Crippen LogP contribution in [0, 0.1) is 6.92 Å². The van der Waals surface area contributed by atoms with Crippen molar-refractivity contribution in [1.29, 1.82) is 0 Å². The average molecular weight is 292 g/mol. The first kappa shape index (κ1) is 14.2. The van der Waals surface area contributed by atoms with E-state index >= 15 is 0 Å². The number of nitrogen functional groups attached to an aromatic ring is 1. The van der Waals surface area contributed by atoms with E-state index in [9.17, 15) is 8.42 Å². The summed E-state index contributed by atoms with van der Waals surface area (Å²) in [5.41, 5.74) is 7.02. The van der Waals surface area contributed by atoms with Gasteiger partial charge in [-0.05, 0) is 30.7 Å². The molecular formula is C14H16N2O3S. The molecule has 5 nitrogen and oxygen atoms in total. The second-order valence-corrected chi connectivity index (χ2v) is 5.95. The number of methoxy groups -OCH3 is 1. The zero-order chi connectivity index (χ0) is 14.8. The summed E-state index contributed by atoms with van der Waals surface area (Å²) in [6.45, 7) is 1.70. The third-order valence-corrected chi connectivity index (χ3v) is 4.43. The average Bonchev–Trinajstić information content (AvgIpc) is 2.37. The molecule has 0 saturated carbocycles. The minimum atomic E-state index is -3.73. The van der Waals surface area contributed by atoms with Crippen molar-refractivity contribution in [3.63, 3.8) is 0 Å². The summed E-state index contributed by atoms with van der Waals surface area (Å²) in [6, 6.07) is 11.7. The summed E-state index contributed by atoms with van der Waals surface area (Å²) >= 11 is 0. The molecule has 106 valence electrons. The third-order valence-electron chi connectivity index (χ3n) is 2.83. The Morgan fingerprint density at radius 3 is 2.50 bits per heavy atom. The van der Waals surface area contributed by atoms with E-state index in [4.69, 9.17) is 10.5 Å². The molecule has 0 fully saturated rings. The number of nitrogens with two attached hydrogens (primary N) is 1. The van der Waals surface area contributed by atoms with Crippen molar-refractivity contribution >= 4 is 21.4 Å². The van der Waals surface area contributed by atoms with Crippen LogP contribution in [-0.4, -0.2) is 15.5 Å². The molecule has 0 aliphatic heterocycles. The quantitative estimate of drug-likeness (QED) is 0.848. The molecule has 0 spiro atoms. The van der Waals surface area contributed by atoms with Gasteiger partial charge in [-0.1, -0.05) is 18.2 Å². The fourth-order valence-electron chi connectivity index (χ4n) is 1.93. The summed E-state index contributed by atoms with van der Waals surface area (Å²) < 4.78 is 32.4. The van der Waals surface area contributed by atoms with E-state index in [1.165, 1.54) is 7.11 Å². The van der Waals surface area contributed by atoms with E-state index in [2.05, 4.69) is 4.72 Å². The second kappa shape index (κ2) is 5.42. The Hall–Kier alpha value is -2.21. The molecule has 2 aromatic carbocycles. The predicted octanol–water partition coefficient (Wildman–Crippen LogP) is 2.39. The van der Waals surface area contributed by atoms with Gasteiger partial charge in [0, 0.05) is 6.07 Å². The lowest BCUT2D eigenvalue weighted by atomic mass is 10.2. The van der Waals surface area contributed by atoms with Gasteiger partial charge in [0.1, 0.15) is 10.6 Å². The number of hydrogen-bond donors (Lipinski definition) is 2. The standard InChI is InChI=1S/C14H16N2O3S/c1-10-5-3-8-13(15)14(10)20(17,18)16-11-6-4-7-12(9-11)19-2/h3-9,16H,15H2,1-2H3. The van der Waals surface area contributed by atoms with Crippen molar-refractivity contribution in [2.45, 2.75) is 11.8 Å². The van der Waals surface area contributed by atoms with Crippen molar-refractivity contribution in [1.82, 2.24) is 0 Å². The van der Waals surface area contributed by atoms with Gasteiger partial charge >= 0.3 is 0 Å². The molecule has 0 amide bonds. The van der Waals surface area contributed by atoms with Crippen LogP contribution in [0.2, 0.25) is 0 Å².